The van der Waals surface area contributed by atoms with Gasteiger partial charge in [0.1, 0.15) is 128 Å². The molecule has 5 saturated heterocycles. The molecule has 0 bridgehead atoms. The number of rotatable bonds is 21. The second-order valence-corrected chi connectivity index (χ2v) is 20.5. The van der Waals surface area contributed by atoms with Crippen LogP contribution in [-0.4, -0.2) is 326 Å². The van der Waals surface area contributed by atoms with Crippen LogP contribution in [0.3, 0.4) is 0 Å². The third-order valence-corrected chi connectivity index (χ3v) is 15.5. The van der Waals surface area contributed by atoms with Crippen molar-refractivity contribution in [2.45, 2.75) is 178 Å². The highest BCUT2D eigenvalue weighted by atomic mass is 32.2. The van der Waals surface area contributed by atoms with Crippen LogP contribution in [0.5, 0.6) is 0 Å². The van der Waals surface area contributed by atoms with Crippen molar-refractivity contribution in [2.75, 3.05) is 63.5 Å². The van der Waals surface area contributed by atoms with Gasteiger partial charge in [0.25, 0.3) is 0 Å². The second-order valence-electron chi connectivity index (χ2n) is 18.1. The van der Waals surface area contributed by atoms with Crippen LogP contribution in [0.15, 0.2) is 11.6 Å². The number of aliphatic hydroxyl groups excluding tert-OH is 18. The molecule has 5 aliphatic heterocycles. The molecule has 1 aliphatic carbocycles. The first-order valence-electron chi connectivity index (χ1n) is 23.2. The Morgan fingerprint density at radius 2 is 1.08 bits per heavy atom. The summed E-state index contributed by atoms with van der Waals surface area (Å²) in [5.74, 6) is 0.695. The summed E-state index contributed by atoms with van der Waals surface area (Å²) in [6, 6.07) is -2.24. The summed E-state index contributed by atoms with van der Waals surface area (Å²) in [5.41, 5.74) is -1.11. The Hall–Kier alpha value is -0.680. The van der Waals surface area contributed by atoms with Crippen LogP contribution in [0.1, 0.15) is 6.92 Å². The SMILES string of the molecule is CC1OC(OC2C(CO)O[C@@H](O[C@H]3C(CO)O[C@@H](SCCOCCSCC4O[C@@H](O[C@H]5C(CO)OCC(O)[C@H]5O)C(O)[C@@H](O)[C@H]4O)C(O)[C@H]3O)C(O)[C@H]2O)[C@H](O)[C@@H](O)[C@H]1N[C@@H]1C=C(CO)[C@H](O)C(O)[C@H]1O. The Balaban J connectivity index is 0.926. The predicted octanol–water partition coefficient (Wildman–Crippen LogP) is -10.8. The highest BCUT2D eigenvalue weighted by Crippen LogP contribution is 2.35. The van der Waals surface area contributed by atoms with Crippen molar-refractivity contribution in [1.29, 1.82) is 0 Å². The third-order valence-electron chi connectivity index (χ3n) is 13.3. The number of thioether (sulfide) groups is 2. The molecule has 5 heterocycles. The molecule has 0 aromatic rings. The van der Waals surface area contributed by atoms with E-state index in [9.17, 15) is 91.9 Å². The Morgan fingerprint density at radius 1 is 0.549 bits per heavy atom. The monoisotopic (exact) mass is 1070 g/mol. The highest BCUT2D eigenvalue weighted by molar-refractivity contribution is 7.99. The average molecular weight is 1070 g/mol. The van der Waals surface area contributed by atoms with Crippen LogP contribution in [0, 0.1) is 0 Å². The first-order chi connectivity index (χ1) is 33.8. The maximum atomic E-state index is 11.2. The highest BCUT2D eigenvalue weighted by Gasteiger charge is 2.54. The minimum Gasteiger partial charge on any atom is -0.394 e. The molecule has 12 unspecified atom stereocenters. The quantitative estimate of drug-likeness (QED) is 0.0375. The van der Waals surface area contributed by atoms with E-state index in [4.69, 9.17) is 42.6 Å². The van der Waals surface area contributed by atoms with Crippen molar-refractivity contribution in [3.05, 3.63) is 11.6 Å². The molecule has 28 atom stereocenters. The minimum atomic E-state index is -1.98. The number of hydrogen-bond acceptors (Lipinski definition) is 30. The fourth-order valence-corrected chi connectivity index (χ4v) is 11.0. The van der Waals surface area contributed by atoms with Gasteiger partial charge in [-0.3, -0.25) is 0 Å². The molecule has 0 radical (unpaired) electrons. The van der Waals surface area contributed by atoms with E-state index in [1.165, 1.54) is 24.8 Å². The number of hydrogen-bond donors (Lipinski definition) is 19. The van der Waals surface area contributed by atoms with E-state index in [2.05, 4.69) is 5.32 Å². The number of aliphatic hydroxyl groups is 18. The van der Waals surface area contributed by atoms with Crippen molar-refractivity contribution in [2.24, 2.45) is 0 Å². The fourth-order valence-electron chi connectivity index (χ4n) is 9.08. The lowest BCUT2D eigenvalue weighted by Crippen LogP contribution is -2.68. The Morgan fingerprint density at radius 3 is 1.70 bits per heavy atom. The molecule has 71 heavy (non-hydrogen) atoms. The zero-order valence-corrected chi connectivity index (χ0v) is 40.0. The average Bonchev–Trinajstić information content (AvgIpc) is 3.36. The van der Waals surface area contributed by atoms with Crippen molar-refractivity contribution >= 4 is 23.5 Å². The number of ether oxygens (including phenoxy) is 9. The molecule has 0 spiro atoms. The van der Waals surface area contributed by atoms with Gasteiger partial charge in [-0.25, -0.2) is 0 Å². The lowest BCUT2D eigenvalue weighted by Gasteiger charge is -2.49. The van der Waals surface area contributed by atoms with E-state index in [1.807, 2.05) is 0 Å². The molecule has 0 saturated carbocycles. The van der Waals surface area contributed by atoms with Gasteiger partial charge in [0.2, 0.25) is 0 Å². The number of nitrogens with one attached hydrogen (secondary N) is 1. The fraction of sp³-hybridized carbons (Fsp3) is 0.951. The largest absolute Gasteiger partial charge is 0.394 e. The minimum absolute atomic E-state index is 0.00325. The molecule has 0 aromatic heterocycles. The summed E-state index contributed by atoms with van der Waals surface area (Å²) in [5, 5.41) is 192. The Bertz CT molecular complexity index is 1630. The van der Waals surface area contributed by atoms with Crippen LogP contribution in [0.2, 0.25) is 0 Å². The predicted molar refractivity (Wildman–Crippen MR) is 237 cm³/mol. The zero-order valence-electron chi connectivity index (χ0n) is 38.4. The van der Waals surface area contributed by atoms with Gasteiger partial charge in [-0.05, 0) is 12.5 Å². The van der Waals surface area contributed by atoms with E-state index in [1.54, 1.807) is 0 Å². The normalized spacial score (nSPS) is 48.9. The van der Waals surface area contributed by atoms with E-state index < -0.39 is 197 Å². The molecule has 0 aromatic carbocycles. The van der Waals surface area contributed by atoms with Crippen LogP contribution in [0.4, 0.5) is 0 Å². The smallest absolute Gasteiger partial charge is 0.187 e. The lowest BCUT2D eigenvalue weighted by molar-refractivity contribution is -0.366. The first-order valence-corrected chi connectivity index (χ1v) is 25.4. The molecule has 30 heteroatoms. The van der Waals surface area contributed by atoms with Crippen molar-refractivity contribution in [1.82, 2.24) is 5.32 Å². The summed E-state index contributed by atoms with van der Waals surface area (Å²) in [6.07, 6.45) is -37.6. The Labute approximate surface area is 415 Å². The second kappa shape index (κ2) is 27.1. The maximum absolute atomic E-state index is 11.2. The zero-order chi connectivity index (χ0) is 52.0. The van der Waals surface area contributed by atoms with Gasteiger partial charge < -0.3 is 140 Å². The summed E-state index contributed by atoms with van der Waals surface area (Å²) >= 11 is 2.30. The maximum Gasteiger partial charge on any atom is 0.187 e. The standard InChI is InChI=1S/C41H71NO27S2/c1-13-21(42-15-6-14(7-43)22(48)27(53)23(15)49)26(52)31(57)38(63-13)68-36-18(9-45)64-40(33(59)29(36)55)69-37-19(10-46)66-41(34(60)30(37)56)71-5-3-61-2-4-70-12-20-25(51)28(54)32(58)39(65-20)67-35-17(8-44)62-11-16(47)24(35)50/h6,13,15-60H,2-5,7-12H2,1H3/t13?,15-,16?,17?,18?,19?,20?,21+,22+,23+,24-,25+,26+,27?,28+,29-,30-,31-,32?,33?,34?,35+,36?,37+,38?,39+,40+,41+/m1/s1. The molecule has 414 valence electrons. The lowest BCUT2D eigenvalue weighted by atomic mass is 9.86. The van der Waals surface area contributed by atoms with Gasteiger partial charge >= 0.3 is 0 Å². The molecule has 0 amide bonds. The topological polar surface area (TPSA) is 459 Å². The van der Waals surface area contributed by atoms with Crippen LogP contribution in [-0.2, 0) is 42.6 Å². The van der Waals surface area contributed by atoms with E-state index >= 15 is 0 Å². The summed E-state index contributed by atoms with van der Waals surface area (Å²) < 4.78 is 51.1. The van der Waals surface area contributed by atoms with Gasteiger partial charge in [-0.1, -0.05) is 6.08 Å². The van der Waals surface area contributed by atoms with Gasteiger partial charge in [0, 0.05) is 17.3 Å². The van der Waals surface area contributed by atoms with Crippen molar-refractivity contribution in [3.63, 3.8) is 0 Å². The first kappa shape index (κ1) is 59.6. The molecule has 28 nitrogen and oxygen atoms in total. The van der Waals surface area contributed by atoms with Gasteiger partial charge in [0.05, 0.1) is 70.5 Å². The molecular formula is C41H71NO27S2. The third kappa shape index (κ3) is 13.7. The van der Waals surface area contributed by atoms with Crippen LogP contribution in [0.25, 0.3) is 0 Å². The van der Waals surface area contributed by atoms with Gasteiger partial charge in [0.15, 0.2) is 18.9 Å². The van der Waals surface area contributed by atoms with Crippen LogP contribution >= 0.6 is 23.5 Å². The molecular weight excluding hydrogens is 1000 g/mol. The summed E-state index contributed by atoms with van der Waals surface area (Å²) in [4.78, 5) is 0. The van der Waals surface area contributed by atoms with Crippen molar-refractivity contribution < 1.29 is 135 Å². The van der Waals surface area contributed by atoms with E-state index in [0.29, 0.717) is 5.75 Å². The van der Waals surface area contributed by atoms with Gasteiger partial charge in [-0.15, -0.1) is 11.8 Å². The van der Waals surface area contributed by atoms with E-state index in [-0.39, 0.29) is 36.9 Å². The molecule has 5 fully saturated rings. The van der Waals surface area contributed by atoms with Gasteiger partial charge in [-0.2, -0.15) is 11.8 Å². The van der Waals surface area contributed by atoms with Crippen LogP contribution < -0.4 is 5.32 Å². The summed E-state index contributed by atoms with van der Waals surface area (Å²) in [7, 11) is 0. The molecule has 6 aliphatic rings. The molecule has 6 rings (SSSR count). The summed E-state index contributed by atoms with van der Waals surface area (Å²) in [6.45, 7) is -1.32. The van der Waals surface area contributed by atoms with Crippen molar-refractivity contribution in [3.8, 4) is 0 Å². The van der Waals surface area contributed by atoms with E-state index in [0.717, 1.165) is 11.8 Å². The molecule has 19 N–H and O–H groups in total. The Kier molecular flexibility index (Phi) is 22.7.